The van der Waals surface area contributed by atoms with Gasteiger partial charge in [-0.3, -0.25) is 4.98 Å². The lowest BCUT2D eigenvalue weighted by Crippen LogP contribution is -1.93. The number of H-pyrrole nitrogens is 1. The van der Waals surface area contributed by atoms with E-state index in [-0.39, 0.29) is 0 Å². The number of hydrogen-bond donors (Lipinski definition) is 1. The number of aromatic nitrogens is 3. The summed E-state index contributed by atoms with van der Waals surface area (Å²) in [6.45, 7) is 1.96. The van der Waals surface area contributed by atoms with Crippen molar-refractivity contribution in [3.05, 3.63) is 47.8 Å². The van der Waals surface area contributed by atoms with Gasteiger partial charge >= 0.3 is 0 Å². The molecule has 2 aromatic heterocycles. The molecular formula is C11H13N3. The predicted molar refractivity (Wildman–Crippen MR) is 55.0 cm³/mol. The fourth-order valence-electron chi connectivity index (χ4n) is 1.41. The van der Waals surface area contributed by atoms with E-state index >= 15 is 0 Å². The maximum atomic E-state index is 4.27. The largest absolute Gasteiger partial charge is 0.346 e. The first-order valence-corrected chi connectivity index (χ1v) is 4.75. The van der Waals surface area contributed by atoms with E-state index in [9.17, 15) is 0 Å². The summed E-state index contributed by atoms with van der Waals surface area (Å²) in [5, 5.41) is 0. The molecule has 0 saturated carbocycles. The number of rotatable bonds is 3. The molecule has 3 heteroatoms. The molecule has 14 heavy (non-hydrogen) atoms. The fraction of sp³-hybridized carbons (Fsp3) is 0.273. The quantitative estimate of drug-likeness (QED) is 0.797. The number of imidazole rings is 1. The second kappa shape index (κ2) is 4.05. The molecular weight excluding hydrogens is 174 g/mol. The highest BCUT2D eigenvalue weighted by atomic mass is 14.9. The molecule has 0 spiro atoms. The molecule has 0 aliphatic carbocycles. The van der Waals surface area contributed by atoms with Crippen LogP contribution in [0.15, 0.2) is 30.6 Å². The van der Waals surface area contributed by atoms with Crippen LogP contribution in [0.25, 0.3) is 0 Å². The Morgan fingerprint density at radius 3 is 2.79 bits per heavy atom. The van der Waals surface area contributed by atoms with Crippen molar-refractivity contribution >= 4 is 0 Å². The van der Waals surface area contributed by atoms with Crippen molar-refractivity contribution < 1.29 is 0 Å². The number of aryl methyl sites for hydroxylation is 3. The molecule has 2 rings (SSSR count). The van der Waals surface area contributed by atoms with Crippen molar-refractivity contribution in [1.82, 2.24) is 15.0 Å². The van der Waals surface area contributed by atoms with Gasteiger partial charge in [-0.05, 0) is 31.9 Å². The van der Waals surface area contributed by atoms with Crippen LogP contribution in [-0.2, 0) is 12.8 Å². The van der Waals surface area contributed by atoms with Crippen molar-refractivity contribution in [1.29, 1.82) is 0 Å². The van der Waals surface area contributed by atoms with E-state index in [0.29, 0.717) is 0 Å². The summed E-state index contributed by atoms with van der Waals surface area (Å²) >= 11 is 0. The van der Waals surface area contributed by atoms with Gasteiger partial charge in [0.1, 0.15) is 5.82 Å². The lowest BCUT2D eigenvalue weighted by Gasteiger charge is -1.97. The average molecular weight is 187 g/mol. The van der Waals surface area contributed by atoms with E-state index in [4.69, 9.17) is 0 Å². The summed E-state index contributed by atoms with van der Waals surface area (Å²) in [6.07, 6.45) is 5.64. The number of pyridine rings is 1. The van der Waals surface area contributed by atoms with Gasteiger partial charge in [0.05, 0.1) is 0 Å². The van der Waals surface area contributed by atoms with Gasteiger partial charge in [0.25, 0.3) is 0 Å². The molecule has 0 aliphatic rings. The van der Waals surface area contributed by atoms with Crippen LogP contribution in [0.5, 0.6) is 0 Å². The minimum absolute atomic E-state index is 0.961. The first-order chi connectivity index (χ1) is 6.84. The minimum Gasteiger partial charge on any atom is -0.346 e. The molecule has 3 nitrogen and oxygen atoms in total. The maximum absolute atomic E-state index is 4.27. The Bertz CT molecular complexity index is 392. The van der Waals surface area contributed by atoms with E-state index in [1.807, 2.05) is 37.5 Å². The van der Waals surface area contributed by atoms with Crippen LogP contribution in [0.2, 0.25) is 0 Å². The van der Waals surface area contributed by atoms with E-state index in [2.05, 4.69) is 15.0 Å². The van der Waals surface area contributed by atoms with Crippen molar-refractivity contribution in [2.45, 2.75) is 19.8 Å². The number of hydrogen-bond acceptors (Lipinski definition) is 2. The summed E-state index contributed by atoms with van der Waals surface area (Å²) in [5.41, 5.74) is 2.30. The number of nitrogens with one attached hydrogen (secondary N) is 1. The van der Waals surface area contributed by atoms with Crippen molar-refractivity contribution in [3.63, 3.8) is 0 Å². The van der Waals surface area contributed by atoms with E-state index in [1.165, 1.54) is 5.69 Å². The molecule has 0 aliphatic heterocycles. The molecule has 0 fully saturated rings. The molecule has 1 N–H and O–H groups in total. The van der Waals surface area contributed by atoms with Gasteiger partial charge in [-0.2, -0.15) is 0 Å². The second-order valence-electron chi connectivity index (χ2n) is 3.31. The zero-order valence-corrected chi connectivity index (χ0v) is 8.20. The molecule has 72 valence electrons. The Hall–Kier alpha value is -1.64. The Morgan fingerprint density at radius 2 is 2.14 bits per heavy atom. The number of aromatic amines is 1. The number of nitrogens with zero attached hydrogens (tertiary/aromatic N) is 2. The smallest absolute Gasteiger partial charge is 0.103 e. The molecule has 0 bridgehead atoms. The van der Waals surface area contributed by atoms with E-state index in [0.717, 1.165) is 24.4 Å². The summed E-state index contributed by atoms with van der Waals surface area (Å²) < 4.78 is 0. The molecule has 0 atom stereocenters. The topological polar surface area (TPSA) is 41.6 Å². The van der Waals surface area contributed by atoms with Gasteiger partial charge in [0.2, 0.25) is 0 Å². The van der Waals surface area contributed by atoms with Crippen LogP contribution in [0, 0.1) is 6.92 Å². The normalized spacial score (nSPS) is 10.4. The zero-order valence-electron chi connectivity index (χ0n) is 8.20. The first-order valence-electron chi connectivity index (χ1n) is 4.75. The first kappa shape index (κ1) is 8.94. The summed E-state index contributed by atoms with van der Waals surface area (Å²) in [4.78, 5) is 11.6. The Kier molecular flexibility index (Phi) is 2.58. The van der Waals surface area contributed by atoms with Crippen LogP contribution in [-0.4, -0.2) is 15.0 Å². The van der Waals surface area contributed by atoms with Gasteiger partial charge in [0, 0.05) is 23.8 Å². The molecule has 2 heterocycles. The predicted octanol–water partition coefficient (Wildman–Crippen LogP) is 1.90. The van der Waals surface area contributed by atoms with Gasteiger partial charge in [-0.15, -0.1) is 0 Å². The van der Waals surface area contributed by atoms with Crippen LogP contribution in [0.1, 0.15) is 17.2 Å². The highest BCUT2D eigenvalue weighted by Gasteiger charge is 1.98. The maximum Gasteiger partial charge on any atom is 0.103 e. The molecule has 0 unspecified atom stereocenters. The van der Waals surface area contributed by atoms with Crippen LogP contribution < -0.4 is 0 Å². The van der Waals surface area contributed by atoms with Gasteiger partial charge < -0.3 is 4.98 Å². The standard InChI is InChI=1S/C11H13N3/c1-9-13-8-11(14-9)6-5-10-4-2-3-7-12-10/h2-4,7-8H,5-6H2,1H3,(H,13,14). The molecule has 0 amide bonds. The van der Waals surface area contributed by atoms with Gasteiger partial charge in [-0.1, -0.05) is 6.07 Å². The Balaban J connectivity index is 1.95. The van der Waals surface area contributed by atoms with E-state index < -0.39 is 0 Å². The third-order valence-electron chi connectivity index (χ3n) is 2.13. The van der Waals surface area contributed by atoms with Crippen LogP contribution in [0.4, 0.5) is 0 Å². The second-order valence-corrected chi connectivity index (χ2v) is 3.31. The molecule has 0 radical (unpaired) electrons. The van der Waals surface area contributed by atoms with Gasteiger partial charge in [-0.25, -0.2) is 4.98 Å². The van der Waals surface area contributed by atoms with Crippen molar-refractivity contribution in [2.75, 3.05) is 0 Å². The molecule has 0 aromatic carbocycles. The highest BCUT2D eigenvalue weighted by molar-refractivity contribution is 5.07. The van der Waals surface area contributed by atoms with E-state index in [1.54, 1.807) is 0 Å². The SMILES string of the molecule is Cc1ncc(CCc2ccccn2)[nH]1. The van der Waals surface area contributed by atoms with Crippen molar-refractivity contribution in [2.24, 2.45) is 0 Å². The summed E-state index contributed by atoms with van der Waals surface area (Å²) in [7, 11) is 0. The van der Waals surface area contributed by atoms with Gasteiger partial charge in [0.15, 0.2) is 0 Å². The monoisotopic (exact) mass is 187 g/mol. The van der Waals surface area contributed by atoms with Crippen molar-refractivity contribution in [3.8, 4) is 0 Å². The molecule has 2 aromatic rings. The Labute approximate surface area is 83.2 Å². The minimum atomic E-state index is 0.961. The molecule has 0 saturated heterocycles. The summed E-state index contributed by atoms with van der Waals surface area (Å²) in [5.74, 6) is 0.973. The fourth-order valence-corrected chi connectivity index (χ4v) is 1.41. The third-order valence-corrected chi connectivity index (χ3v) is 2.13. The third kappa shape index (κ3) is 2.19. The van der Waals surface area contributed by atoms with Crippen LogP contribution >= 0.6 is 0 Å². The Morgan fingerprint density at radius 1 is 1.21 bits per heavy atom. The lowest BCUT2D eigenvalue weighted by atomic mass is 10.2. The highest BCUT2D eigenvalue weighted by Crippen LogP contribution is 2.02. The van der Waals surface area contributed by atoms with Crippen LogP contribution in [0.3, 0.4) is 0 Å². The lowest BCUT2D eigenvalue weighted by molar-refractivity contribution is 0.885. The average Bonchev–Trinajstić information content (AvgIpc) is 2.63. The zero-order chi connectivity index (χ0) is 9.80. The summed E-state index contributed by atoms with van der Waals surface area (Å²) in [6, 6.07) is 5.99.